The van der Waals surface area contributed by atoms with Crippen LogP contribution in [0.15, 0.2) is 42.5 Å². The monoisotopic (exact) mass is 206 g/mol. The molecule has 16 heavy (non-hydrogen) atoms. The number of hydrogen-bond donors (Lipinski definition) is 0. The molecule has 1 aliphatic rings. The summed E-state index contributed by atoms with van der Waals surface area (Å²) in [5.41, 5.74) is 1.35. The number of aryl methyl sites for hydroxylation is 1. The van der Waals surface area contributed by atoms with Gasteiger partial charge in [-0.15, -0.1) is 0 Å². The quantitative estimate of drug-likeness (QED) is 0.621. The maximum Gasteiger partial charge on any atom is -0.0103 e. The Morgan fingerprint density at radius 1 is 1.00 bits per heavy atom. The van der Waals surface area contributed by atoms with Crippen LogP contribution < -0.4 is 10.4 Å². The topological polar surface area (TPSA) is 0 Å². The third kappa shape index (κ3) is 1.38. The predicted molar refractivity (Wildman–Crippen MR) is 70.6 cm³/mol. The minimum absolute atomic E-state index is 1.03. The van der Waals surface area contributed by atoms with E-state index in [2.05, 4.69) is 61.6 Å². The molecule has 78 valence electrons. The van der Waals surface area contributed by atoms with Crippen LogP contribution in [-0.2, 0) is 0 Å². The first kappa shape index (κ1) is 9.41. The van der Waals surface area contributed by atoms with Gasteiger partial charge in [-0.05, 0) is 40.1 Å². The summed E-state index contributed by atoms with van der Waals surface area (Å²) in [7, 11) is 0. The van der Waals surface area contributed by atoms with Crippen LogP contribution in [0.1, 0.15) is 12.0 Å². The first-order valence-electron chi connectivity index (χ1n) is 5.72. The van der Waals surface area contributed by atoms with Gasteiger partial charge in [-0.25, -0.2) is 0 Å². The van der Waals surface area contributed by atoms with Crippen LogP contribution >= 0.6 is 0 Å². The average molecular weight is 206 g/mol. The molecule has 0 nitrogen and oxygen atoms in total. The molecule has 2 aromatic carbocycles. The number of hydrogen-bond acceptors (Lipinski definition) is 0. The largest absolute Gasteiger partial charge is 0.0807 e. The van der Waals surface area contributed by atoms with Crippen molar-refractivity contribution in [2.45, 2.75) is 13.3 Å². The van der Waals surface area contributed by atoms with E-state index in [1.54, 1.807) is 0 Å². The van der Waals surface area contributed by atoms with E-state index in [4.69, 9.17) is 0 Å². The molecule has 0 amide bonds. The Morgan fingerprint density at radius 2 is 1.94 bits per heavy atom. The lowest BCUT2D eigenvalue weighted by atomic mass is 10.0. The van der Waals surface area contributed by atoms with Gasteiger partial charge < -0.3 is 0 Å². The normalized spacial score (nSPS) is 13.8. The zero-order valence-corrected chi connectivity index (χ0v) is 9.40. The van der Waals surface area contributed by atoms with Gasteiger partial charge >= 0.3 is 0 Å². The molecule has 0 radical (unpaired) electrons. The lowest BCUT2D eigenvalue weighted by molar-refractivity contribution is 1.46. The Labute approximate surface area is 95.2 Å². The molecule has 0 saturated carbocycles. The minimum Gasteiger partial charge on any atom is -0.0807 e. The van der Waals surface area contributed by atoms with E-state index in [0.717, 1.165) is 6.42 Å². The summed E-state index contributed by atoms with van der Waals surface area (Å²) >= 11 is 0. The minimum atomic E-state index is 1.03. The molecule has 3 rings (SSSR count). The third-order valence-corrected chi connectivity index (χ3v) is 3.23. The Balaban J connectivity index is 2.58. The van der Waals surface area contributed by atoms with Crippen LogP contribution in [0.4, 0.5) is 0 Å². The summed E-state index contributed by atoms with van der Waals surface area (Å²) in [6, 6.07) is 11.0. The fourth-order valence-electron chi connectivity index (χ4n) is 2.36. The first-order chi connectivity index (χ1) is 7.86. The van der Waals surface area contributed by atoms with Gasteiger partial charge in [0.05, 0.1) is 0 Å². The van der Waals surface area contributed by atoms with Gasteiger partial charge in [0.2, 0.25) is 0 Å². The van der Waals surface area contributed by atoms with Crippen molar-refractivity contribution in [2.75, 3.05) is 0 Å². The highest BCUT2D eigenvalue weighted by atomic mass is 14.0. The van der Waals surface area contributed by atoms with Gasteiger partial charge in [-0.3, -0.25) is 0 Å². The fourth-order valence-corrected chi connectivity index (χ4v) is 2.36. The summed E-state index contributed by atoms with van der Waals surface area (Å²) in [6.45, 7) is 2.17. The van der Waals surface area contributed by atoms with Gasteiger partial charge in [-0.1, -0.05) is 54.6 Å². The van der Waals surface area contributed by atoms with E-state index in [-0.39, 0.29) is 0 Å². The van der Waals surface area contributed by atoms with E-state index in [1.807, 2.05) is 0 Å². The van der Waals surface area contributed by atoms with Crippen LogP contribution in [0.3, 0.4) is 0 Å². The number of allylic oxidation sites excluding steroid dienone is 2. The summed E-state index contributed by atoms with van der Waals surface area (Å²) < 4.78 is 0. The van der Waals surface area contributed by atoms with Crippen LogP contribution in [0.2, 0.25) is 0 Å². The van der Waals surface area contributed by atoms with E-state index >= 15 is 0 Å². The number of fused-ring (bicyclic) bond motifs is 3. The van der Waals surface area contributed by atoms with E-state index in [9.17, 15) is 0 Å². The van der Waals surface area contributed by atoms with Gasteiger partial charge in [0.25, 0.3) is 0 Å². The van der Waals surface area contributed by atoms with Gasteiger partial charge in [0, 0.05) is 0 Å². The lowest BCUT2D eigenvalue weighted by Crippen LogP contribution is -2.24. The highest BCUT2D eigenvalue weighted by Gasteiger charge is 1.99. The summed E-state index contributed by atoms with van der Waals surface area (Å²) in [5, 5.41) is 5.43. The molecular formula is C16H14. The number of rotatable bonds is 0. The van der Waals surface area contributed by atoms with Crippen molar-refractivity contribution in [3.05, 3.63) is 58.5 Å². The van der Waals surface area contributed by atoms with E-state index < -0.39 is 0 Å². The van der Waals surface area contributed by atoms with Crippen molar-refractivity contribution in [1.82, 2.24) is 0 Å². The van der Waals surface area contributed by atoms with Crippen LogP contribution in [0.25, 0.3) is 22.9 Å². The number of benzene rings is 2. The predicted octanol–water partition coefficient (Wildman–Crippen LogP) is 2.67. The lowest BCUT2D eigenvalue weighted by Gasteiger charge is -2.02. The Kier molecular flexibility index (Phi) is 2.14. The molecule has 0 unspecified atom stereocenters. The second kappa shape index (κ2) is 3.64. The molecule has 0 heteroatoms. The average Bonchev–Trinajstić information content (AvgIpc) is 2.54. The molecule has 0 aromatic heterocycles. The van der Waals surface area contributed by atoms with Crippen molar-refractivity contribution >= 4 is 22.9 Å². The Morgan fingerprint density at radius 3 is 2.88 bits per heavy atom. The molecule has 2 aromatic rings. The van der Waals surface area contributed by atoms with Gasteiger partial charge in [0.15, 0.2) is 0 Å². The fraction of sp³-hybridized carbons (Fsp3) is 0.125. The molecule has 0 heterocycles. The zero-order valence-electron chi connectivity index (χ0n) is 9.40. The molecule has 0 N–H and O–H groups in total. The van der Waals surface area contributed by atoms with Crippen molar-refractivity contribution in [3.8, 4) is 0 Å². The SMILES string of the molecule is Cc1cccc2c3c(ccc12)=CCC=CC=3. The molecule has 0 saturated heterocycles. The second-order valence-electron chi connectivity index (χ2n) is 4.27. The maximum absolute atomic E-state index is 2.29. The Hall–Kier alpha value is -1.82. The molecule has 0 aliphatic heterocycles. The molecular weight excluding hydrogens is 192 g/mol. The smallest absolute Gasteiger partial charge is 0.0103 e. The standard InChI is InChI=1S/C16H14/c1-12-6-5-9-16-14(12)11-10-13-7-3-2-4-8-15(13)16/h2,4-11H,3H2,1H3. The van der Waals surface area contributed by atoms with E-state index in [0.29, 0.717) is 0 Å². The molecule has 0 fully saturated rings. The maximum atomic E-state index is 2.29. The van der Waals surface area contributed by atoms with Crippen LogP contribution in [0.5, 0.6) is 0 Å². The van der Waals surface area contributed by atoms with Gasteiger partial charge in [-0.2, -0.15) is 0 Å². The highest BCUT2D eigenvalue weighted by Crippen LogP contribution is 2.13. The van der Waals surface area contributed by atoms with Crippen molar-refractivity contribution in [3.63, 3.8) is 0 Å². The summed E-state index contributed by atoms with van der Waals surface area (Å²) in [4.78, 5) is 0. The highest BCUT2D eigenvalue weighted by molar-refractivity contribution is 5.87. The van der Waals surface area contributed by atoms with E-state index in [1.165, 1.54) is 26.8 Å². The van der Waals surface area contributed by atoms with Crippen LogP contribution in [-0.4, -0.2) is 0 Å². The zero-order chi connectivity index (χ0) is 11.0. The summed E-state index contributed by atoms with van der Waals surface area (Å²) in [5.74, 6) is 0. The molecule has 0 spiro atoms. The molecule has 0 bridgehead atoms. The summed E-state index contributed by atoms with van der Waals surface area (Å²) in [6.07, 6.45) is 9.89. The molecule has 1 aliphatic carbocycles. The first-order valence-corrected chi connectivity index (χ1v) is 5.72. The van der Waals surface area contributed by atoms with Crippen molar-refractivity contribution in [1.29, 1.82) is 0 Å². The third-order valence-electron chi connectivity index (χ3n) is 3.23. The Bertz CT molecular complexity index is 688. The van der Waals surface area contributed by atoms with Gasteiger partial charge in [0.1, 0.15) is 0 Å². The second-order valence-corrected chi connectivity index (χ2v) is 4.27. The van der Waals surface area contributed by atoms with Crippen molar-refractivity contribution in [2.24, 2.45) is 0 Å². The van der Waals surface area contributed by atoms with Crippen LogP contribution in [0, 0.1) is 6.92 Å². The van der Waals surface area contributed by atoms with Crippen molar-refractivity contribution < 1.29 is 0 Å². The molecule has 0 atom stereocenters.